The average Bonchev–Trinajstić information content (AvgIpc) is 2.34. The van der Waals surface area contributed by atoms with Crippen molar-refractivity contribution in [3.63, 3.8) is 0 Å². The smallest absolute Gasteiger partial charge is 0.330 e. The van der Waals surface area contributed by atoms with Gasteiger partial charge in [-0.25, -0.2) is 4.79 Å². The summed E-state index contributed by atoms with van der Waals surface area (Å²) < 4.78 is 4.75. The van der Waals surface area contributed by atoms with E-state index in [2.05, 4.69) is 5.32 Å². The topological polar surface area (TPSA) is 75.6 Å². The fourth-order valence-electron chi connectivity index (χ4n) is 1.36. The van der Waals surface area contributed by atoms with Crippen LogP contribution in [0, 0.1) is 0 Å². The molecule has 92 valence electrons. The zero-order chi connectivity index (χ0) is 12.7. The van der Waals surface area contributed by atoms with Gasteiger partial charge in [-0.3, -0.25) is 4.79 Å². The van der Waals surface area contributed by atoms with Crippen molar-refractivity contribution < 1.29 is 19.4 Å². The van der Waals surface area contributed by atoms with Crippen molar-refractivity contribution in [2.24, 2.45) is 0 Å². The second-order valence-corrected chi connectivity index (χ2v) is 3.49. The maximum atomic E-state index is 11.4. The van der Waals surface area contributed by atoms with E-state index in [1.165, 1.54) is 7.11 Å². The van der Waals surface area contributed by atoms with Crippen LogP contribution in [0.25, 0.3) is 0 Å². The van der Waals surface area contributed by atoms with Crippen molar-refractivity contribution in [2.45, 2.75) is 12.5 Å². The maximum Gasteiger partial charge on any atom is 0.330 e. The Balaban J connectivity index is 2.68. The number of hydrogen-bond acceptors (Lipinski definition) is 3. The van der Waals surface area contributed by atoms with Gasteiger partial charge in [0.2, 0.25) is 5.91 Å². The van der Waals surface area contributed by atoms with Crippen LogP contribution in [-0.4, -0.2) is 30.7 Å². The molecule has 17 heavy (non-hydrogen) atoms. The molecule has 0 spiro atoms. The summed E-state index contributed by atoms with van der Waals surface area (Å²) in [6, 6.07) is 7.56. The summed E-state index contributed by atoms with van der Waals surface area (Å²) in [4.78, 5) is 22.5. The van der Waals surface area contributed by atoms with Gasteiger partial charge in [-0.1, -0.05) is 30.3 Å². The van der Waals surface area contributed by atoms with Crippen LogP contribution in [0.4, 0.5) is 0 Å². The average molecular weight is 237 g/mol. The Morgan fingerprint density at radius 2 is 2.00 bits per heavy atom. The molecule has 1 aromatic rings. The van der Waals surface area contributed by atoms with Crippen molar-refractivity contribution in [2.75, 3.05) is 13.7 Å². The van der Waals surface area contributed by atoms with Crippen molar-refractivity contribution in [3.05, 3.63) is 35.9 Å². The normalized spacial score (nSPS) is 11.8. The summed E-state index contributed by atoms with van der Waals surface area (Å²) in [5.41, 5.74) is 0.547. The van der Waals surface area contributed by atoms with Crippen LogP contribution >= 0.6 is 0 Å². The molecule has 1 aromatic carbocycles. The lowest BCUT2D eigenvalue weighted by Crippen LogP contribution is -2.34. The monoisotopic (exact) mass is 237 g/mol. The number of carbonyl (C=O) groups excluding carboxylic acids is 1. The standard InChI is InChI=1S/C12H15NO4/c1-17-8-7-10(14)13-11(12(15)16)9-5-3-2-4-6-9/h2-6,11H,7-8H2,1H3,(H,13,14)(H,15,16). The SMILES string of the molecule is COCCC(=O)NC(C(=O)O)c1ccccc1. The van der Waals surface area contributed by atoms with E-state index in [1.54, 1.807) is 30.3 Å². The van der Waals surface area contributed by atoms with E-state index < -0.39 is 12.0 Å². The van der Waals surface area contributed by atoms with Crippen molar-refractivity contribution in [1.29, 1.82) is 0 Å². The number of aliphatic carboxylic acids is 1. The van der Waals surface area contributed by atoms with Crippen LogP contribution in [0.1, 0.15) is 18.0 Å². The largest absolute Gasteiger partial charge is 0.479 e. The number of carboxylic acids is 1. The first-order valence-corrected chi connectivity index (χ1v) is 5.21. The minimum Gasteiger partial charge on any atom is -0.479 e. The van der Waals surface area contributed by atoms with Gasteiger partial charge in [0.05, 0.1) is 6.61 Å². The van der Waals surface area contributed by atoms with Crippen molar-refractivity contribution in [1.82, 2.24) is 5.32 Å². The number of rotatable bonds is 6. The van der Waals surface area contributed by atoms with E-state index in [1.807, 2.05) is 0 Å². The molecule has 5 nitrogen and oxygen atoms in total. The molecule has 0 fully saturated rings. The molecule has 0 aliphatic heterocycles. The molecule has 1 unspecified atom stereocenters. The highest BCUT2D eigenvalue weighted by Gasteiger charge is 2.21. The van der Waals surface area contributed by atoms with Crippen LogP contribution in [0.3, 0.4) is 0 Å². The number of ether oxygens (including phenoxy) is 1. The van der Waals surface area contributed by atoms with Crippen LogP contribution in [0.5, 0.6) is 0 Å². The summed E-state index contributed by atoms with van der Waals surface area (Å²) in [6.45, 7) is 0.271. The zero-order valence-corrected chi connectivity index (χ0v) is 9.55. The first-order valence-electron chi connectivity index (χ1n) is 5.21. The number of methoxy groups -OCH3 is 1. The highest BCUT2D eigenvalue weighted by molar-refractivity contribution is 5.84. The van der Waals surface area contributed by atoms with Crippen LogP contribution in [-0.2, 0) is 14.3 Å². The molecule has 1 amide bonds. The van der Waals surface area contributed by atoms with Gasteiger partial charge in [0.25, 0.3) is 0 Å². The molecule has 0 aliphatic carbocycles. The fraction of sp³-hybridized carbons (Fsp3) is 0.333. The van der Waals surface area contributed by atoms with Gasteiger partial charge in [0, 0.05) is 13.5 Å². The number of benzene rings is 1. The summed E-state index contributed by atoms with van der Waals surface area (Å²) in [5, 5.41) is 11.5. The van der Waals surface area contributed by atoms with Gasteiger partial charge >= 0.3 is 5.97 Å². The number of amides is 1. The molecule has 5 heteroatoms. The highest BCUT2D eigenvalue weighted by Crippen LogP contribution is 2.12. The first kappa shape index (κ1) is 13.2. The lowest BCUT2D eigenvalue weighted by atomic mass is 10.1. The molecule has 1 rings (SSSR count). The van der Waals surface area contributed by atoms with Gasteiger partial charge in [-0.05, 0) is 5.56 Å². The molecule has 2 N–H and O–H groups in total. The van der Waals surface area contributed by atoms with E-state index in [-0.39, 0.29) is 18.9 Å². The third-order valence-electron chi connectivity index (χ3n) is 2.22. The molecule has 0 saturated carbocycles. The second kappa shape index (κ2) is 6.65. The predicted octanol–water partition coefficient (Wildman–Crippen LogP) is 0.965. The molecule has 1 atom stereocenters. The summed E-state index contributed by atoms with van der Waals surface area (Å²) >= 11 is 0. The van der Waals surface area contributed by atoms with E-state index in [0.29, 0.717) is 5.56 Å². The lowest BCUT2D eigenvalue weighted by molar-refractivity contribution is -0.142. The number of nitrogens with one attached hydrogen (secondary N) is 1. The predicted molar refractivity (Wildman–Crippen MR) is 61.5 cm³/mol. The van der Waals surface area contributed by atoms with Crippen LogP contribution in [0.2, 0.25) is 0 Å². The Hall–Kier alpha value is -1.88. The van der Waals surface area contributed by atoms with E-state index in [9.17, 15) is 9.59 Å². The summed E-state index contributed by atoms with van der Waals surface area (Å²) in [7, 11) is 1.49. The second-order valence-electron chi connectivity index (χ2n) is 3.49. The minimum absolute atomic E-state index is 0.146. The quantitative estimate of drug-likeness (QED) is 0.772. The zero-order valence-electron chi connectivity index (χ0n) is 9.55. The van der Waals surface area contributed by atoms with Gasteiger partial charge in [0.15, 0.2) is 6.04 Å². The molecule has 0 saturated heterocycles. The minimum atomic E-state index is -1.08. The lowest BCUT2D eigenvalue weighted by Gasteiger charge is -2.14. The summed E-state index contributed by atoms with van der Waals surface area (Å²) in [5.74, 6) is -1.43. The van der Waals surface area contributed by atoms with Crippen LogP contribution < -0.4 is 5.32 Å². The van der Waals surface area contributed by atoms with Gasteiger partial charge in [-0.2, -0.15) is 0 Å². The van der Waals surface area contributed by atoms with Crippen molar-refractivity contribution >= 4 is 11.9 Å². The molecule has 0 heterocycles. The van der Waals surface area contributed by atoms with Gasteiger partial charge < -0.3 is 15.2 Å². The van der Waals surface area contributed by atoms with E-state index in [4.69, 9.17) is 9.84 Å². The van der Waals surface area contributed by atoms with E-state index in [0.717, 1.165) is 0 Å². The van der Waals surface area contributed by atoms with Crippen LogP contribution in [0.15, 0.2) is 30.3 Å². The Kier molecular flexibility index (Phi) is 5.16. The van der Waals surface area contributed by atoms with Gasteiger partial charge in [0.1, 0.15) is 0 Å². The van der Waals surface area contributed by atoms with Crippen molar-refractivity contribution in [3.8, 4) is 0 Å². The fourth-order valence-corrected chi connectivity index (χ4v) is 1.36. The molecule has 0 aliphatic rings. The molecule has 0 bridgehead atoms. The molecular formula is C12H15NO4. The third kappa shape index (κ3) is 4.24. The Morgan fingerprint density at radius 3 is 2.53 bits per heavy atom. The first-order chi connectivity index (χ1) is 8.15. The van der Waals surface area contributed by atoms with E-state index >= 15 is 0 Å². The Bertz CT molecular complexity index is 377. The summed E-state index contributed by atoms with van der Waals surface area (Å²) in [6.07, 6.45) is 0.146. The molecule has 0 radical (unpaired) electrons. The van der Waals surface area contributed by atoms with Gasteiger partial charge in [-0.15, -0.1) is 0 Å². The number of carboxylic acid groups (broad SMARTS) is 1. The number of hydrogen-bond donors (Lipinski definition) is 2. The third-order valence-corrected chi connectivity index (χ3v) is 2.22. The Morgan fingerprint density at radius 1 is 1.35 bits per heavy atom. The number of carbonyl (C=O) groups is 2. The molecular weight excluding hydrogens is 222 g/mol. The molecule has 0 aromatic heterocycles. The highest BCUT2D eigenvalue weighted by atomic mass is 16.5. The maximum absolute atomic E-state index is 11.4. The Labute approximate surface area is 99.4 Å².